The van der Waals surface area contributed by atoms with Gasteiger partial charge in [0.15, 0.2) is 0 Å². The van der Waals surface area contributed by atoms with Crippen LogP contribution < -0.4 is 4.72 Å². The first-order valence-corrected chi connectivity index (χ1v) is 6.61. The van der Waals surface area contributed by atoms with Gasteiger partial charge in [-0.25, -0.2) is 0 Å². The van der Waals surface area contributed by atoms with Gasteiger partial charge in [-0.2, -0.15) is 0 Å². The van der Waals surface area contributed by atoms with Gasteiger partial charge in [-0.05, 0) is 53.4 Å². The Hall–Kier alpha value is 0.230. The number of nitrogens with one attached hydrogen (secondary N) is 1. The van der Waals surface area contributed by atoms with Gasteiger partial charge in [0.1, 0.15) is 4.75 Å². The minimum Gasteiger partial charge on any atom is -0.598 e. The Kier molecular flexibility index (Phi) is 3.60. The molecule has 1 saturated carbocycles. The largest absolute Gasteiger partial charge is 0.598 e. The lowest BCUT2D eigenvalue weighted by Crippen LogP contribution is -2.47. The molecule has 0 radical (unpaired) electrons. The quantitative estimate of drug-likeness (QED) is 0.715. The van der Waals surface area contributed by atoms with E-state index in [4.69, 9.17) is 1.37 Å². The Morgan fingerprint density at radius 1 is 1.47 bits per heavy atom. The Morgan fingerprint density at radius 3 is 2.33 bits per heavy atom. The van der Waals surface area contributed by atoms with Crippen molar-refractivity contribution in [1.29, 1.82) is 0 Å². The molecule has 1 fully saturated rings. The molecule has 0 unspecified atom stereocenters. The van der Waals surface area contributed by atoms with Gasteiger partial charge >= 0.3 is 0 Å². The van der Waals surface area contributed by atoms with E-state index in [2.05, 4.69) is 4.72 Å². The standard InChI is InChI=1S/C11H23NO2S/c1-10(2,3)15(14)12-9-5-7-11(4,13)8-6-9/h9,12-13H,5-8H2,1-4H3/t9-,11+,15-/m1/s1/i9D. The lowest BCUT2D eigenvalue weighted by molar-refractivity contribution is 0.0163. The Labute approximate surface area is 97.4 Å². The second-order valence-corrected chi connectivity index (χ2v) is 7.55. The minimum absolute atomic E-state index is 0.353. The minimum atomic E-state index is -1.22. The molecule has 15 heavy (non-hydrogen) atoms. The van der Waals surface area contributed by atoms with Crippen LogP contribution in [0.2, 0.25) is 0 Å². The fourth-order valence-corrected chi connectivity index (χ4v) is 2.25. The highest BCUT2D eigenvalue weighted by Gasteiger charge is 2.34. The van der Waals surface area contributed by atoms with Crippen molar-refractivity contribution in [3.63, 3.8) is 0 Å². The van der Waals surface area contributed by atoms with Crippen LogP contribution in [0.4, 0.5) is 0 Å². The van der Waals surface area contributed by atoms with E-state index in [-0.39, 0.29) is 4.75 Å². The zero-order valence-electron chi connectivity index (χ0n) is 11.1. The predicted octanol–water partition coefficient (Wildman–Crippen LogP) is 1.73. The Bertz CT molecular complexity index is 243. The van der Waals surface area contributed by atoms with Gasteiger partial charge in [-0.3, -0.25) is 0 Å². The molecule has 3 nitrogen and oxygen atoms in total. The zero-order chi connectivity index (χ0) is 12.6. The predicted molar refractivity (Wildman–Crippen MR) is 63.9 cm³/mol. The normalized spacial score (nSPS) is 41.1. The lowest BCUT2D eigenvalue weighted by Gasteiger charge is -2.35. The van der Waals surface area contributed by atoms with Crippen molar-refractivity contribution in [2.75, 3.05) is 0 Å². The van der Waals surface area contributed by atoms with Crippen LogP contribution in [0.5, 0.6) is 0 Å². The number of aliphatic hydroxyl groups is 1. The SMILES string of the molecule is [2H][C@]1(N[S@+]([O-])C(C)(C)C)CC[C@@](C)(O)CC1. The van der Waals surface area contributed by atoms with E-state index >= 15 is 0 Å². The van der Waals surface area contributed by atoms with Crippen molar-refractivity contribution >= 4 is 11.4 Å². The highest BCUT2D eigenvalue weighted by Crippen LogP contribution is 2.28. The van der Waals surface area contributed by atoms with E-state index in [1.165, 1.54) is 0 Å². The highest BCUT2D eigenvalue weighted by atomic mass is 32.2. The van der Waals surface area contributed by atoms with E-state index in [0.29, 0.717) is 25.7 Å². The van der Waals surface area contributed by atoms with Crippen LogP contribution in [-0.2, 0) is 11.4 Å². The van der Waals surface area contributed by atoms with Gasteiger partial charge in [-0.1, -0.05) is 0 Å². The van der Waals surface area contributed by atoms with Crippen LogP contribution in [0.1, 0.15) is 54.7 Å². The first kappa shape index (κ1) is 11.7. The molecule has 1 atom stereocenters. The lowest BCUT2D eigenvalue weighted by atomic mass is 9.84. The van der Waals surface area contributed by atoms with Crippen LogP contribution in [0.3, 0.4) is 0 Å². The van der Waals surface area contributed by atoms with Gasteiger partial charge in [0.25, 0.3) is 0 Å². The zero-order valence-corrected chi connectivity index (χ0v) is 10.9. The molecule has 0 saturated heterocycles. The second-order valence-electron chi connectivity index (χ2n) is 5.58. The summed E-state index contributed by atoms with van der Waals surface area (Å²) in [5.74, 6) is 0. The van der Waals surface area contributed by atoms with Gasteiger partial charge in [0.05, 0.1) is 13.0 Å². The number of hydrogen-bond acceptors (Lipinski definition) is 3. The first-order chi connectivity index (χ1) is 7.04. The molecule has 0 amide bonds. The molecule has 0 aliphatic heterocycles. The van der Waals surface area contributed by atoms with Crippen molar-refractivity contribution < 1.29 is 11.0 Å². The Morgan fingerprint density at radius 2 is 1.93 bits per heavy atom. The van der Waals surface area contributed by atoms with Crippen molar-refractivity contribution in [3.05, 3.63) is 0 Å². The summed E-state index contributed by atoms with van der Waals surface area (Å²) in [4.78, 5) is 0. The maximum Gasteiger partial charge on any atom is 0.136 e. The van der Waals surface area contributed by atoms with E-state index in [0.717, 1.165) is 0 Å². The molecule has 1 aliphatic carbocycles. The van der Waals surface area contributed by atoms with E-state index in [1.54, 1.807) is 6.92 Å². The third kappa shape index (κ3) is 4.31. The second kappa shape index (κ2) is 4.62. The average Bonchev–Trinajstić information content (AvgIpc) is 2.10. The van der Waals surface area contributed by atoms with Crippen molar-refractivity contribution in [1.82, 2.24) is 4.72 Å². The van der Waals surface area contributed by atoms with Crippen LogP contribution in [0.25, 0.3) is 0 Å². The van der Waals surface area contributed by atoms with Crippen LogP contribution in [0.15, 0.2) is 0 Å². The van der Waals surface area contributed by atoms with Crippen molar-refractivity contribution in [2.24, 2.45) is 0 Å². The molecule has 4 heteroatoms. The Balaban J connectivity index is 2.55. The molecule has 0 aromatic rings. The third-order valence-electron chi connectivity index (χ3n) is 2.72. The fourth-order valence-electron chi connectivity index (χ4n) is 1.48. The average molecular weight is 234 g/mol. The molecular weight excluding hydrogens is 210 g/mol. The molecular formula is C11H23NO2S. The molecule has 1 rings (SSSR count). The summed E-state index contributed by atoms with van der Waals surface area (Å²) < 4.78 is 22.7. The van der Waals surface area contributed by atoms with Crippen molar-refractivity contribution in [3.8, 4) is 0 Å². The molecule has 0 bridgehead atoms. The first-order valence-electron chi connectivity index (χ1n) is 5.96. The van der Waals surface area contributed by atoms with Crippen LogP contribution >= 0.6 is 0 Å². The van der Waals surface area contributed by atoms with Gasteiger partial charge in [-0.15, -0.1) is 4.72 Å². The molecule has 0 heterocycles. The number of hydrogen-bond donors (Lipinski definition) is 2. The number of rotatable bonds is 2. The molecule has 1 aliphatic rings. The summed E-state index contributed by atoms with van der Waals surface area (Å²) in [5.41, 5.74) is -0.657. The van der Waals surface area contributed by atoms with E-state index in [9.17, 15) is 9.66 Å². The summed E-state index contributed by atoms with van der Waals surface area (Å²) >= 11 is -1.22. The summed E-state index contributed by atoms with van der Waals surface area (Å²) in [6, 6.07) is -0.847. The third-order valence-corrected chi connectivity index (χ3v) is 4.31. The van der Waals surface area contributed by atoms with Crippen LogP contribution in [0, 0.1) is 0 Å². The van der Waals surface area contributed by atoms with E-state index < -0.39 is 23.0 Å². The highest BCUT2D eigenvalue weighted by molar-refractivity contribution is 7.90. The van der Waals surface area contributed by atoms with Gasteiger partial charge in [0, 0.05) is 11.4 Å². The van der Waals surface area contributed by atoms with Crippen LogP contribution in [-0.4, -0.2) is 26.0 Å². The van der Waals surface area contributed by atoms with E-state index in [1.807, 2.05) is 20.8 Å². The molecule has 0 aromatic carbocycles. The van der Waals surface area contributed by atoms with Gasteiger partial charge in [0.2, 0.25) is 0 Å². The smallest absolute Gasteiger partial charge is 0.136 e. The fraction of sp³-hybridized carbons (Fsp3) is 1.00. The van der Waals surface area contributed by atoms with Gasteiger partial charge < -0.3 is 9.66 Å². The summed E-state index contributed by atoms with van der Waals surface area (Å²) in [6.45, 7) is 7.46. The molecule has 2 N–H and O–H groups in total. The maximum atomic E-state index is 11.9. The summed E-state index contributed by atoms with van der Waals surface area (Å²) in [7, 11) is 0. The monoisotopic (exact) mass is 234 g/mol. The summed E-state index contributed by atoms with van der Waals surface area (Å²) in [5, 5.41) is 9.81. The molecule has 0 spiro atoms. The molecule has 0 aromatic heterocycles. The van der Waals surface area contributed by atoms with Crippen molar-refractivity contribution in [2.45, 2.75) is 69.7 Å². The summed E-state index contributed by atoms with van der Waals surface area (Å²) in [6.07, 6.45) is 2.26. The molecule has 90 valence electrons. The topological polar surface area (TPSA) is 55.3 Å². The maximum absolute atomic E-state index is 11.9.